The number of nitrogens with zero attached hydrogens (tertiary/aromatic N) is 2. The fourth-order valence-corrected chi connectivity index (χ4v) is 5.88. The first kappa shape index (κ1) is 16.2. The highest BCUT2D eigenvalue weighted by atomic mass is 32.1. The molecule has 1 aromatic heterocycles. The third-order valence-corrected chi connectivity index (χ3v) is 7.17. The predicted octanol–water partition coefficient (Wildman–Crippen LogP) is 3.21. The quantitative estimate of drug-likeness (QED) is 0.908. The Morgan fingerprint density at radius 3 is 2.85 bits per heavy atom. The summed E-state index contributed by atoms with van der Waals surface area (Å²) >= 11 is 1.88. The van der Waals surface area contributed by atoms with Gasteiger partial charge in [-0.2, -0.15) is 0 Å². The highest BCUT2D eigenvalue weighted by molar-refractivity contribution is 7.11. The number of aliphatic imine (C=N–C) groups is 1. The minimum Gasteiger partial charge on any atom is -0.308 e. The van der Waals surface area contributed by atoms with Gasteiger partial charge in [0.1, 0.15) is 11.4 Å². The van der Waals surface area contributed by atoms with Crippen molar-refractivity contribution in [1.29, 1.82) is 0 Å². The van der Waals surface area contributed by atoms with Crippen LogP contribution in [0.4, 0.5) is 0 Å². The van der Waals surface area contributed by atoms with Gasteiger partial charge in [-0.3, -0.25) is 14.7 Å². The Morgan fingerprint density at radius 2 is 2.08 bits per heavy atom. The Kier molecular flexibility index (Phi) is 3.76. The largest absolute Gasteiger partial charge is 0.308 e. The molecule has 1 spiro atoms. The lowest BCUT2D eigenvalue weighted by Crippen LogP contribution is -2.44. The summed E-state index contributed by atoms with van der Waals surface area (Å²) in [6.07, 6.45) is 1.99. The molecule has 5 rings (SSSR count). The van der Waals surface area contributed by atoms with Crippen LogP contribution in [-0.4, -0.2) is 35.3 Å². The van der Waals surface area contributed by atoms with E-state index in [0.717, 1.165) is 43.9 Å². The molecule has 1 saturated heterocycles. The van der Waals surface area contributed by atoms with Crippen LogP contribution in [-0.2, 0) is 11.3 Å². The zero-order valence-electron chi connectivity index (χ0n) is 14.9. The first-order chi connectivity index (χ1) is 12.6. The number of likely N-dealkylation sites (tertiary alicyclic amines) is 1. The molecule has 3 atom stereocenters. The molecule has 0 bridgehead atoms. The van der Waals surface area contributed by atoms with Gasteiger partial charge >= 0.3 is 0 Å². The monoisotopic (exact) mass is 365 g/mol. The van der Waals surface area contributed by atoms with E-state index in [1.807, 2.05) is 41.7 Å². The van der Waals surface area contributed by atoms with Crippen LogP contribution >= 0.6 is 11.3 Å². The standard InChI is InChI=1S/C21H23N3OS/c1-14-7-8-17(26-14)12-24-11-16-9-10-21(18(16)13-24)20(25)22-19(23-21)15-5-3-2-4-6-15/h2-8,16,18H,9-13H2,1H3,(H,22,23,25)/t16-,18+,21-/m1/s1. The number of fused-ring (bicyclic) bond motifs is 2. The molecule has 1 amide bonds. The van der Waals surface area contributed by atoms with E-state index in [1.54, 1.807) is 0 Å². The first-order valence-corrected chi connectivity index (χ1v) is 10.2. The van der Waals surface area contributed by atoms with Gasteiger partial charge in [-0.15, -0.1) is 11.3 Å². The van der Waals surface area contributed by atoms with Gasteiger partial charge in [0.25, 0.3) is 5.91 Å². The molecule has 1 N–H and O–H groups in total. The highest BCUT2D eigenvalue weighted by Crippen LogP contribution is 2.49. The summed E-state index contributed by atoms with van der Waals surface area (Å²) in [5.41, 5.74) is 0.459. The molecule has 0 unspecified atom stereocenters. The topological polar surface area (TPSA) is 44.7 Å². The van der Waals surface area contributed by atoms with Crippen LogP contribution in [0.15, 0.2) is 47.5 Å². The number of benzene rings is 1. The minimum absolute atomic E-state index is 0.109. The second-order valence-electron chi connectivity index (χ2n) is 7.82. The number of thiophene rings is 1. The maximum absolute atomic E-state index is 13.0. The maximum atomic E-state index is 13.0. The van der Waals surface area contributed by atoms with Crippen LogP contribution in [0.2, 0.25) is 0 Å². The molecule has 3 heterocycles. The van der Waals surface area contributed by atoms with Gasteiger partial charge in [-0.05, 0) is 37.8 Å². The van der Waals surface area contributed by atoms with E-state index in [4.69, 9.17) is 4.99 Å². The van der Waals surface area contributed by atoms with Crippen molar-refractivity contribution >= 4 is 23.1 Å². The summed E-state index contributed by atoms with van der Waals surface area (Å²) in [5, 5.41) is 3.08. The molecule has 0 radical (unpaired) electrons. The van der Waals surface area contributed by atoms with Gasteiger partial charge in [-0.1, -0.05) is 30.3 Å². The number of hydrogen-bond acceptors (Lipinski definition) is 4. The van der Waals surface area contributed by atoms with Crippen molar-refractivity contribution in [3.05, 3.63) is 57.8 Å². The fraction of sp³-hybridized carbons (Fsp3) is 0.429. The maximum Gasteiger partial charge on any atom is 0.253 e. The Bertz CT molecular complexity index is 874. The third-order valence-electron chi connectivity index (χ3n) is 6.19. The molecule has 3 aliphatic rings. The Balaban J connectivity index is 1.39. The van der Waals surface area contributed by atoms with E-state index in [9.17, 15) is 4.79 Å². The number of amidine groups is 1. The lowest BCUT2D eigenvalue weighted by atomic mass is 9.85. The van der Waals surface area contributed by atoms with E-state index >= 15 is 0 Å². The highest BCUT2D eigenvalue weighted by Gasteiger charge is 2.59. The molecule has 134 valence electrons. The number of carbonyl (C=O) groups is 1. The molecular formula is C21H23N3OS. The van der Waals surface area contributed by atoms with Crippen LogP contribution in [0.25, 0.3) is 0 Å². The lowest BCUT2D eigenvalue weighted by molar-refractivity contribution is -0.125. The van der Waals surface area contributed by atoms with Crippen molar-refractivity contribution in [3.8, 4) is 0 Å². The molecule has 1 aliphatic carbocycles. The van der Waals surface area contributed by atoms with Gasteiger partial charge in [0.15, 0.2) is 0 Å². The van der Waals surface area contributed by atoms with E-state index in [2.05, 4.69) is 29.3 Å². The third kappa shape index (κ3) is 2.53. The summed E-state index contributed by atoms with van der Waals surface area (Å²) in [6, 6.07) is 14.4. The fourth-order valence-electron chi connectivity index (χ4n) is 4.95. The molecule has 2 aliphatic heterocycles. The van der Waals surface area contributed by atoms with Crippen LogP contribution in [0.3, 0.4) is 0 Å². The van der Waals surface area contributed by atoms with Crippen LogP contribution in [0.5, 0.6) is 0 Å². The number of hydrogen-bond donors (Lipinski definition) is 1. The summed E-state index contributed by atoms with van der Waals surface area (Å²) in [7, 11) is 0. The number of nitrogens with one attached hydrogen (secondary N) is 1. The van der Waals surface area contributed by atoms with Crippen molar-refractivity contribution in [1.82, 2.24) is 10.2 Å². The molecule has 4 nitrogen and oxygen atoms in total. The normalized spacial score (nSPS) is 30.7. The van der Waals surface area contributed by atoms with E-state index in [0.29, 0.717) is 11.8 Å². The molecular weight excluding hydrogens is 342 g/mol. The smallest absolute Gasteiger partial charge is 0.253 e. The Morgan fingerprint density at radius 1 is 1.23 bits per heavy atom. The summed E-state index contributed by atoms with van der Waals surface area (Å²) in [6.45, 7) is 5.22. The van der Waals surface area contributed by atoms with Crippen molar-refractivity contribution in [3.63, 3.8) is 0 Å². The van der Waals surface area contributed by atoms with E-state index < -0.39 is 5.54 Å². The predicted molar refractivity (Wildman–Crippen MR) is 104 cm³/mol. The number of aryl methyl sites for hydroxylation is 1. The first-order valence-electron chi connectivity index (χ1n) is 9.38. The van der Waals surface area contributed by atoms with Gasteiger partial charge in [0, 0.05) is 40.9 Å². The van der Waals surface area contributed by atoms with Gasteiger partial charge in [-0.25, -0.2) is 0 Å². The van der Waals surface area contributed by atoms with E-state index in [1.165, 1.54) is 9.75 Å². The van der Waals surface area contributed by atoms with Crippen molar-refractivity contribution in [2.24, 2.45) is 16.8 Å². The van der Waals surface area contributed by atoms with Crippen LogP contribution in [0, 0.1) is 18.8 Å². The van der Waals surface area contributed by atoms with Crippen LogP contribution in [0.1, 0.15) is 28.2 Å². The molecule has 5 heteroatoms. The average molecular weight is 366 g/mol. The molecule has 26 heavy (non-hydrogen) atoms. The second-order valence-corrected chi connectivity index (χ2v) is 9.19. The SMILES string of the molecule is Cc1ccc(CN2C[C@H]3CC[C@@]4(N=C(c5ccccc5)NC4=O)[C@H]3C2)s1. The molecule has 1 aromatic carbocycles. The molecule has 2 aromatic rings. The number of amides is 1. The zero-order chi connectivity index (χ0) is 17.7. The minimum atomic E-state index is -0.546. The lowest BCUT2D eigenvalue weighted by Gasteiger charge is -2.25. The summed E-state index contributed by atoms with van der Waals surface area (Å²) in [4.78, 5) is 23.2. The summed E-state index contributed by atoms with van der Waals surface area (Å²) < 4.78 is 0. The van der Waals surface area contributed by atoms with Crippen molar-refractivity contribution in [2.45, 2.75) is 31.8 Å². The molecule has 2 fully saturated rings. The van der Waals surface area contributed by atoms with Crippen molar-refractivity contribution in [2.75, 3.05) is 13.1 Å². The zero-order valence-corrected chi connectivity index (χ0v) is 15.8. The van der Waals surface area contributed by atoms with E-state index in [-0.39, 0.29) is 5.91 Å². The van der Waals surface area contributed by atoms with Crippen molar-refractivity contribution < 1.29 is 4.79 Å². The summed E-state index contributed by atoms with van der Waals surface area (Å²) in [5.74, 6) is 1.78. The van der Waals surface area contributed by atoms with Gasteiger partial charge in [0.2, 0.25) is 0 Å². The number of carbonyl (C=O) groups excluding carboxylic acids is 1. The van der Waals surface area contributed by atoms with Gasteiger partial charge in [0.05, 0.1) is 0 Å². The molecule has 1 saturated carbocycles. The van der Waals surface area contributed by atoms with Gasteiger partial charge < -0.3 is 5.32 Å². The Labute approximate surface area is 157 Å². The average Bonchev–Trinajstić information content (AvgIpc) is 3.38. The Hall–Kier alpha value is -1.98. The second kappa shape index (κ2) is 6.03. The van der Waals surface area contributed by atoms with Crippen LogP contribution < -0.4 is 5.32 Å². The number of rotatable bonds is 3.